The van der Waals surface area contributed by atoms with Gasteiger partial charge in [0.15, 0.2) is 5.82 Å². The van der Waals surface area contributed by atoms with E-state index < -0.39 is 0 Å². The molecule has 1 aromatic carbocycles. The number of aliphatic hydroxyl groups excluding tert-OH is 1. The smallest absolute Gasteiger partial charge is 0.154 e. The Balaban J connectivity index is 2.52. The Morgan fingerprint density at radius 3 is 2.59 bits per heavy atom. The van der Waals surface area contributed by atoms with Gasteiger partial charge in [0, 0.05) is 11.3 Å². The minimum atomic E-state index is -0.234. The number of aryl methyl sites for hydroxylation is 2. The van der Waals surface area contributed by atoms with Gasteiger partial charge in [-0.1, -0.05) is 0 Å². The molecule has 0 aliphatic heterocycles. The molecule has 0 aliphatic rings. The zero-order chi connectivity index (χ0) is 12.4. The second-order valence-corrected chi connectivity index (χ2v) is 3.93. The molecule has 2 rings (SSSR count). The van der Waals surface area contributed by atoms with Gasteiger partial charge in [0.25, 0.3) is 0 Å². The maximum Gasteiger partial charge on any atom is 0.154 e. The van der Waals surface area contributed by atoms with Crippen LogP contribution in [0.2, 0.25) is 0 Å². The fourth-order valence-corrected chi connectivity index (χ4v) is 1.65. The summed E-state index contributed by atoms with van der Waals surface area (Å²) in [5.74, 6) is 0.142. The number of halogens is 1. The molecule has 0 atom stereocenters. The molecule has 88 valence electrons. The first-order chi connectivity index (χ1) is 8.10. The minimum absolute atomic E-state index is 0.200. The van der Waals surface area contributed by atoms with E-state index in [1.807, 2.05) is 13.0 Å². The number of rotatable bonds is 2. The lowest BCUT2D eigenvalue weighted by Crippen LogP contribution is -1.99. The third kappa shape index (κ3) is 2.47. The van der Waals surface area contributed by atoms with Gasteiger partial charge in [-0.3, -0.25) is 0 Å². The van der Waals surface area contributed by atoms with E-state index in [9.17, 15) is 4.39 Å². The van der Waals surface area contributed by atoms with E-state index in [-0.39, 0.29) is 12.4 Å². The lowest BCUT2D eigenvalue weighted by atomic mass is 10.1. The van der Waals surface area contributed by atoms with E-state index in [1.165, 1.54) is 6.07 Å². The summed E-state index contributed by atoms with van der Waals surface area (Å²) in [5, 5.41) is 9.05. The Labute approximate surface area is 99.0 Å². The topological polar surface area (TPSA) is 46.0 Å². The molecule has 0 radical (unpaired) electrons. The lowest BCUT2D eigenvalue weighted by molar-refractivity contribution is 0.271. The molecule has 0 fully saturated rings. The molecule has 0 amide bonds. The molecule has 0 saturated heterocycles. The quantitative estimate of drug-likeness (QED) is 0.864. The van der Waals surface area contributed by atoms with Crippen LogP contribution in [-0.4, -0.2) is 15.1 Å². The van der Waals surface area contributed by atoms with Crippen molar-refractivity contribution in [3.05, 3.63) is 47.2 Å². The van der Waals surface area contributed by atoms with Crippen LogP contribution >= 0.6 is 0 Å². The highest BCUT2D eigenvalue weighted by atomic mass is 19.1. The van der Waals surface area contributed by atoms with Gasteiger partial charge in [0.1, 0.15) is 12.4 Å². The largest absolute Gasteiger partial charge is 0.388 e. The van der Waals surface area contributed by atoms with Gasteiger partial charge in [-0.15, -0.1) is 0 Å². The van der Waals surface area contributed by atoms with Crippen LogP contribution in [0, 0.1) is 19.7 Å². The first-order valence-electron chi connectivity index (χ1n) is 5.32. The summed E-state index contributed by atoms with van der Waals surface area (Å²) in [5.41, 5.74) is 2.87. The van der Waals surface area contributed by atoms with Crippen molar-refractivity contribution >= 4 is 0 Å². The summed E-state index contributed by atoms with van der Waals surface area (Å²) >= 11 is 0. The summed E-state index contributed by atoms with van der Waals surface area (Å²) in [4.78, 5) is 8.29. The van der Waals surface area contributed by atoms with Crippen molar-refractivity contribution in [2.24, 2.45) is 0 Å². The summed E-state index contributed by atoms with van der Waals surface area (Å²) in [7, 11) is 0. The molecule has 1 aromatic heterocycles. The van der Waals surface area contributed by atoms with Crippen LogP contribution in [0.3, 0.4) is 0 Å². The van der Waals surface area contributed by atoms with Gasteiger partial charge in [0.05, 0.1) is 5.69 Å². The van der Waals surface area contributed by atoms with E-state index in [0.717, 1.165) is 11.3 Å². The van der Waals surface area contributed by atoms with E-state index in [0.29, 0.717) is 17.1 Å². The van der Waals surface area contributed by atoms with E-state index >= 15 is 0 Å². The van der Waals surface area contributed by atoms with Crippen LogP contribution < -0.4 is 0 Å². The van der Waals surface area contributed by atoms with Gasteiger partial charge in [0.2, 0.25) is 0 Å². The summed E-state index contributed by atoms with van der Waals surface area (Å²) in [6.45, 7) is 3.34. The molecule has 1 heterocycles. The second kappa shape index (κ2) is 4.59. The maximum atomic E-state index is 13.2. The van der Waals surface area contributed by atoms with Crippen LogP contribution in [0.15, 0.2) is 24.3 Å². The molecule has 2 aromatic rings. The minimum Gasteiger partial charge on any atom is -0.388 e. The van der Waals surface area contributed by atoms with Gasteiger partial charge in [-0.05, 0) is 43.7 Å². The fraction of sp³-hybridized carbons (Fsp3) is 0.231. The zero-order valence-electron chi connectivity index (χ0n) is 9.74. The van der Waals surface area contributed by atoms with E-state index in [2.05, 4.69) is 9.97 Å². The average Bonchev–Trinajstić information content (AvgIpc) is 2.32. The van der Waals surface area contributed by atoms with Crippen LogP contribution in [0.1, 0.15) is 17.1 Å². The Morgan fingerprint density at radius 1 is 1.18 bits per heavy atom. The maximum absolute atomic E-state index is 13.2. The molecule has 0 spiro atoms. The van der Waals surface area contributed by atoms with Crippen molar-refractivity contribution in [1.29, 1.82) is 0 Å². The number of aromatic nitrogens is 2. The van der Waals surface area contributed by atoms with Crippen molar-refractivity contribution in [3.8, 4) is 11.3 Å². The summed E-state index contributed by atoms with van der Waals surface area (Å²) < 4.78 is 13.2. The highest BCUT2D eigenvalue weighted by Gasteiger charge is 2.06. The monoisotopic (exact) mass is 232 g/mol. The van der Waals surface area contributed by atoms with Crippen LogP contribution in [0.4, 0.5) is 4.39 Å². The fourth-order valence-electron chi connectivity index (χ4n) is 1.65. The lowest BCUT2D eigenvalue weighted by Gasteiger charge is -2.06. The van der Waals surface area contributed by atoms with Crippen molar-refractivity contribution in [2.75, 3.05) is 0 Å². The number of hydrogen-bond donors (Lipinski definition) is 1. The predicted octanol–water partition coefficient (Wildman–Crippen LogP) is 2.39. The highest BCUT2D eigenvalue weighted by Crippen LogP contribution is 2.20. The number of benzene rings is 1. The molecule has 17 heavy (non-hydrogen) atoms. The molecule has 3 nitrogen and oxygen atoms in total. The number of nitrogens with zero attached hydrogens (tertiary/aromatic N) is 2. The average molecular weight is 232 g/mol. The van der Waals surface area contributed by atoms with Crippen molar-refractivity contribution in [1.82, 2.24) is 9.97 Å². The molecule has 4 heteroatoms. The first kappa shape index (κ1) is 11.7. The first-order valence-corrected chi connectivity index (χ1v) is 5.32. The van der Waals surface area contributed by atoms with Crippen LogP contribution in [-0.2, 0) is 6.61 Å². The van der Waals surface area contributed by atoms with Crippen LogP contribution in [0.5, 0.6) is 0 Å². The zero-order valence-corrected chi connectivity index (χ0v) is 9.74. The van der Waals surface area contributed by atoms with Crippen molar-refractivity contribution < 1.29 is 9.50 Å². The van der Waals surface area contributed by atoms with E-state index in [1.54, 1.807) is 19.1 Å². The molecular weight excluding hydrogens is 219 g/mol. The molecule has 0 saturated carbocycles. The van der Waals surface area contributed by atoms with Crippen LogP contribution in [0.25, 0.3) is 11.3 Å². The Kier molecular flexibility index (Phi) is 3.15. The molecule has 1 N–H and O–H groups in total. The number of hydrogen-bond acceptors (Lipinski definition) is 3. The molecule has 0 aliphatic carbocycles. The summed E-state index contributed by atoms with van der Waals surface area (Å²) in [6, 6.07) is 6.64. The molecule has 0 bridgehead atoms. The Bertz CT molecular complexity index is 555. The number of aliphatic hydroxyl groups is 1. The molecular formula is C13H13FN2O. The van der Waals surface area contributed by atoms with E-state index in [4.69, 9.17) is 5.11 Å². The van der Waals surface area contributed by atoms with Gasteiger partial charge >= 0.3 is 0 Å². The Morgan fingerprint density at radius 2 is 1.94 bits per heavy atom. The third-order valence-electron chi connectivity index (χ3n) is 2.50. The molecule has 0 unspecified atom stereocenters. The van der Waals surface area contributed by atoms with Crippen molar-refractivity contribution in [3.63, 3.8) is 0 Å². The second-order valence-electron chi connectivity index (χ2n) is 3.93. The normalized spacial score (nSPS) is 10.6. The Hall–Kier alpha value is -1.81. The standard InChI is InChI=1S/C13H13FN2O/c1-8-5-10(3-4-11(8)14)12-6-9(2)15-13(7-17)16-12/h3-6,17H,7H2,1-2H3. The van der Waals surface area contributed by atoms with Gasteiger partial charge in [-0.2, -0.15) is 0 Å². The predicted molar refractivity (Wildman–Crippen MR) is 62.8 cm³/mol. The van der Waals surface area contributed by atoms with Crippen molar-refractivity contribution in [2.45, 2.75) is 20.5 Å². The van der Waals surface area contributed by atoms with Gasteiger partial charge < -0.3 is 5.11 Å². The third-order valence-corrected chi connectivity index (χ3v) is 2.50. The summed E-state index contributed by atoms with van der Waals surface area (Å²) in [6.07, 6.45) is 0. The SMILES string of the molecule is Cc1cc(-c2ccc(F)c(C)c2)nc(CO)n1. The van der Waals surface area contributed by atoms with Gasteiger partial charge in [-0.25, -0.2) is 14.4 Å². The highest BCUT2D eigenvalue weighted by molar-refractivity contribution is 5.60.